The number of nitrogens with one attached hydrogen (secondary N) is 3. The van der Waals surface area contributed by atoms with E-state index in [9.17, 15) is 10.2 Å². The number of fused-ring (bicyclic) bond motifs is 1. The summed E-state index contributed by atoms with van der Waals surface area (Å²) >= 11 is 0. The molecule has 2 aromatic carbocycles. The van der Waals surface area contributed by atoms with Crippen LogP contribution in [-0.4, -0.2) is 26.8 Å². The van der Waals surface area contributed by atoms with Crippen LogP contribution < -0.4 is 16.2 Å². The molecule has 0 spiro atoms. The van der Waals surface area contributed by atoms with E-state index in [-0.39, 0.29) is 24.6 Å². The maximum Gasteiger partial charge on any atom is 0.220 e. The minimum atomic E-state index is -0.271. The molecule has 3 heterocycles. The number of hydrogen-bond donors (Lipinski definition) is 5. The monoisotopic (exact) mass is 439 g/mol. The van der Waals surface area contributed by atoms with E-state index in [1.807, 2.05) is 48.5 Å². The Hall–Kier alpha value is -3.94. The van der Waals surface area contributed by atoms with Crippen molar-refractivity contribution in [2.24, 2.45) is 0 Å². The number of pyridine rings is 2. The van der Waals surface area contributed by atoms with E-state index in [2.05, 4.69) is 34.1 Å². The maximum absolute atomic E-state index is 10.4. The molecule has 1 aliphatic heterocycles. The highest BCUT2D eigenvalue weighted by atomic mass is 16.3. The van der Waals surface area contributed by atoms with Crippen LogP contribution >= 0.6 is 0 Å². The minimum Gasteiger partial charge on any atom is -0.493 e. The number of hydrogen-bond acceptors (Lipinski definition) is 7. The lowest BCUT2D eigenvalue weighted by Crippen LogP contribution is -2.15. The Kier molecular flexibility index (Phi) is 5.64. The van der Waals surface area contributed by atoms with Crippen molar-refractivity contribution in [3.05, 3.63) is 90.3 Å². The molecular weight excluding hydrogens is 414 g/mol. The smallest absolute Gasteiger partial charge is 0.220 e. The molecule has 2 atom stereocenters. The summed E-state index contributed by atoms with van der Waals surface area (Å²) in [5.41, 5.74) is 13.4. The second-order valence-electron chi connectivity index (χ2n) is 8.08. The molecule has 0 amide bonds. The molecule has 5 N–H and O–H groups in total. The topological polar surface area (TPSA) is 102 Å². The van der Waals surface area contributed by atoms with Gasteiger partial charge in [0.05, 0.1) is 47.5 Å². The zero-order valence-electron chi connectivity index (χ0n) is 18.2. The van der Waals surface area contributed by atoms with E-state index in [0.717, 1.165) is 33.6 Å². The van der Waals surface area contributed by atoms with E-state index in [4.69, 9.17) is 4.98 Å². The molecule has 0 saturated carbocycles. The Morgan fingerprint density at radius 2 is 1.85 bits per heavy atom. The molecule has 7 nitrogen and oxygen atoms in total. The highest BCUT2D eigenvalue weighted by Gasteiger charge is 2.21. The highest BCUT2D eigenvalue weighted by molar-refractivity contribution is 5.85. The third kappa shape index (κ3) is 4.11. The molecule has 5 rings (SSSR count). The molecule has 33 heavy (non-hydrogen) atoms. The summed E-state index contributed by atoms with van der Waals surface area (Å²) in [6.45, 7) is 2.04. The SMILES string of the molecule is CC1NNc2ccc(-c3cc(NC(CO)c4ccccc4)cnc3-c3cccnc3O)cc21. The van der Waals surface area contributed by atoms with E-state index in [1.54, 1.807) is 24.5 Å². The Morgan fingerprint density at radius 1 is 1.00 bits per heavy atom. The van der Waals surface area contributed by atoms with Crippen LogP contribution in [0.15, 0.2) is 79.1 Å². The third-order valence-electron chi connectivity index (χ3n) is 5.91. The van der Waals surface area contributed by atoms with Crippen molar-refractivity contribution in [1.82, 2.24) is 15.4 Å². The van der Waals surface area contributed by atoms with Gasteiger partial charge in [-0.15, -0.1) is 0 Å². The van der Waals surface area contributed by atoms with E-state index < -0.39 is 0 Å². The fourth-order valence-corrected chi connectivity index (χ4v) is 4.15. The van der Waals surface area contributed by atoms with Crippen LogP contribution in [0.4, 0.5) is 11.4 Å². The predicted molar refractivity (Wildman–Crippen MR) is 130 cm³/mol. The average molecular weight is 440 g/mol. The van der Waals surface area contributed by atoms with Crippen molar-refractivity contribution < 1.29 is 10.2 Å². The number of nitrogens with zero attached hydrogens (tertiary/aromatic N) is 2. The van der Waals surface area contributed by atoms with Crippen LogP contribution in [0, 0.1) is 0 Å². The number of benzene rings is 2. The second-order valence-corrected chi connectivity index (χ2v) is 8.08. The summed E-state index contributed by atoms with van der Waals surface area (Å²) < 4.78 is 0. The molecular formula is C26H25N5O2. The van der Waals surface area contributed by atoms with Crippen molar-refractivity contribution >= 4 is 11.4 Å². The first kappa shape index (κ1) is 20.9. The van der Waals surface area contributed by atoms with Crippen molar-refractivity contribution in [2.75, 3.05) is 17.3 Å². The first-order valence-corrected chi connectivity index (χ1v) is 10.9. The Morgan fingerprint density at radius 3 is 2.64 bits per heavy atom. The molecule has 166 valence electrons. The summed E-state index contributed by atoms with van der Waals surface area (Å²) in [6, 6.07) is 21.5. The summed E-state index contributed by atoms with van der Waals surface area (Å²) in [6.07, 6.45) is 3.27. The Bertz CT molecular complexity index is 1280. The van der Waals surface area contributed by atoms with Gasteiger partial charge in [-0.05, 0) is 53.9 Å². The summed E-state index contributed by atoms with van der Waals surface area (Å²) in [7, 11) is 0. The van der Waals surface area contributed by atoms with Gasteiger partial charge in [-0.25, -0.2) is 10.4 Å². The third-order valence-corrected chi connectivity index (χ3v) is 5.91. The number of anilines is 2. The second kappa shape index (κ2) is 8.90. The van der Waals surface area contributed by atoms with Crippen LogP contribution in [-0.2, 0) is 0 Å². The first-order valence-electron chi connectivity index (χ1n) is 10.9. The van der Waals surface area contributed by atoms with Gasteiger partial charge in [-0.1, -0.05) is 36.4 Å². The lowest BCUT2D eigenvalue weighted by atomic mass is 9.96. The molecule has 4 aromatic rings. The lowest BCUT2D eigenvalue weighted by Gasteiger charge is -2.20. The van der Waals surface area contributed by atoms with Gasteiger partial charge >= 0.3 is 0 Å². The molecule has 0 radical (unpaired) electrons. The summed E-state index contributed by atoms with van der Waals surface area (Å²) in [5, 5.41) is 23.8. The summed E-state index contributed by atoms with van der Waals surface area (Å²) in [4.78, 5) is 8.74. The zero-order chi connectivity index (χ0) is 22.8. The molecule has 1 aliphatic rings. The van der Waals surface area contributed by atoms with Crippen LogP contribution in [0.25, 0.3) is 22.4 Å². The summed E-state index contributed by atoms with van der Waals surface area (Å²) in [5.74, 6) is -0.0673. The molecule has 0 bridgehead atoms. The van der Waals surface area contributed by atoms with Crippen molar-refractivity contribution in [2.45, 2.75) is 19.0 Å². The van der Waals surface area contributed by atoms with Crippen molar-refractivity contribution in [3.63, 3.8) is 0 Å². The first-order chi connectivity index (χ1) is 16.1. The maximum atomic E-state index is 10.4. The minimum absolute atomic E-state index is 0.0574. The molecule has 7 heteroatoms. The van der Waals surface area contributed by atoms with Crippen molar-refractivity contribution in [3.8, 4) is 28.3 Å². The number of aliphatic hydroxyl groups excluding tert-OH is 1. The highest BCUT2D eigenvalue weighted by Crippen LogP contribution is 2.39. The van der Waals surface area contributed by atoms with Gasteiger partial charge in [-0.3, -0.25) is 4.98 Å². The normalized spacial score (nSPS) is 15.5. The molecule has 0 fully saturated rings. The molecule has 2 aromatic heterocycles. The van der Waals surface area contributed by atoms with Gasteiger partial charge < -0.3 is 21.0 Å². The number of aromatic hydroxyl groups is 1. The van der Waals surface area contributed by atoms with Crippen molar-refractivity contribution in [1.29, 1.82) is 0 Å². The van der Waals surface area contributed by atoms with Gasteiger partial charge in [0.15, 0.2) is 0 Å². The number of aliphatic hydroxyl groups is 1. The predicted octanol–water partition coefficient (Wildman–Crippen LogP) is 4.65. The van der Waals surface area contributed by atoms with Gasteiger partial charge in [0.2, 0.25) is 5.88 Å². The molecule has 0 saturated heterocycles. The fraction of sp³-hybridized carbons (Fsp3) is 0.154. The number of aromatic nitrogens is 2. The van der Waals surface area contributed by atoms with Gasteiger partial charge in [0.25, 0.3) is 0 Å². The van der Waals surface area contributed by atoms with Crippen LogP contribution in [0.3, 0.4) is 0 Å². The number of rotatable bonds is 6. The van der Waals surface area contributed by atoms with E-state index in [0.29, 0.717) is 11.3 Å². The fourth-order valence-electron chi connectivity index (χ4n) is 4.15. The quantitative estimate of drug-likeness (QED) is 0.298. The van der Waals surface area contributed by atoms with Gasteiger partial charge in [0.1, 0.15) is 0 Å². The van der Waals surface area contributed by atoms with Crippen LogP contribution in [0.1, 0.15) is 30.1 Å². The van der Waals surface area contributed by atoms with E-state index >= 15 is 0 Å². The lowest BCUT2D eigenvalue weighted by molar-refractivity contribution is 0.276. The zero-order valence-corrected chi connectivity index (χ0v) is 18.2. The molecule has 0 aliphatic carbocycles. The van der Waals surface area contributed by atoms with Crippen LogP contribution in [0.2, 0.25) is 0 Å². The van der Waals surface area contributed by atoms with Crippen LogP contribution in [0.5, 0.6) is 5.88 Å². The van der Waals surface area contributed by atoms with E-state index in [1.165, 1.54) is 0 Å². The standard InChI is InChI=1S/C26H25N5O2/c1-16-21-12-18(9-10-23(21)31-30-16)22-13-19(29-24(15-32)17-6-3-2-4-7-17)14-28-25(22)20-8-5-11-27-26(20)33/h2-14,16,24,29-32H,15H2,1H3,(H,27,33). The largest absolute Gasteiger partial charge is 0.493 e. The molecule has 2 unspecified atom stereocenters. The van der Waals surface area contributed by atoms with Gasteiger partial charge in [-0.2, -0.15) is 0 Å². The Labute approximate surface area is 192 Å². The Balaban J connectivity index is 1.60. The number of hydrazine groups is 1. The average Bonchev–Trinajstić information content (AvgIpc) is 3.23. The van der Waals surface area contributed by atoms with Gasteiger partial charge in [0, 0.05) is 11.8 Å².